The number of halogens is 2. The highest BCUT2D eigenvalue weighted by atomic mass is 35.5. The number of nitrogens with zero attached hydrogens (tertiary/aromatic N) is 1. The van der Waals surface area contributed by atoms with E-state index < -0.39 is 0 Å². The minimum absolute atomic E-state index is 0.146. The standard InChI is InChI=1S/C16H9Cl2NOS2/c17-11-6-4-10(5-7-11)8-14-15(20)19(16(21)22-14)13-3-1-2-12(18)9-13/h1-9H. The largest absolute Gasteiger partial charge is 0.270 e. The highest BCUT2D eigenvalue weighted by molar-refractivity contribution is 8.27. The summed E-state index contributed by atoms with van der Waals surface area (Å²) in [5.74, 6) is -0.146. The molecule has 0 spiro atoms. The van der Waals surface area contributed by atoms with Gasteiger partial charge in [-0.2, -0.15) is 0 Å². The van der Waals surface area contributed by atoms with E-state index in [1.807, 2.05) is 18.2 Å². The van der Waals surface area contributed by atoms with Gasteiger partial charge in [0.05, 0.1) is 10.6 Å². The summed E-state index contributed by atoms with van der Waals surface area (Å²) in [6.45, 7) is 0. The third-order valence-electron chi connectivity index (χ3n) is 3.03. The molecule has 3 rings (SSSR count). The summed E-state index contributed by atoms with van der Waals surface area (Å²) in [6, 6.07) is 14.4. The summed E-state index contributed by atoms with van der Waals surface area (Å²) in [5.41, 5.74) is 1.57. The monoisotopic (exact) mass is 365 g/mol. The van der Waals surface area contributed by atoms with Crippen LogP contribution in [0.15, 0.2) is 53.4 Å². The van der Waals surface area contributed by atoms with Crippen LogP contribution in [0.1, 0.15) is 5.56 Å². The molecule has 2 aromatic carbocycles. The Kier molecular flexibility index (Phi) is 4.54. The number of carbonyl (C=O) groups is 1. The fourth-order valence-corrected chi connectivity index (χ4v) is 3.63. The van der Waals surface area contributed by atoms with Gasteiger partial charge in [0.2, 0.25) is 0 Å². The molecule has 110 valence electrons. The molecular formula is C16H9Cl2NOS2. The number of rotatable bonds is 2. The zero-order chi connectivity index (χ0) is 15.7. The smallest absolute Gasteiger partial charge is 0.268 e. The Labute approximate surface area is 147 Å². The van der Waals surface area contributed by atoms with Gasteiger partial charge in [0.15, 0.2) is 4.32 Å². The Morgan fingerprint density at radius 1 is 1.05 bits per heavy atom. The van der Waals surface area contributed by atoms with Crippen molar-refractivity contribution in [3.8, 4) is 0 Å². The summed E-state index contributed by atoms with van der Waals surface area (Å²) in [7, 11) is 0. The molecule has 0 unspecified atom stereocenters. The molecule has 0 radical (unpaired) electrons. The van der Waals surface area contributed by atoms with Crippen molar-refractivity contribution in [3.05, 3.63) is 69.0 Å². The third-order valence-corrected chi connectivity index (χ3v) is 4.82. The van der Waals surface area contributed by atoms with E-state index in [4.69, 9.17) is 35.4 Å². The highest BCUT2D eigenvalue weighted by Crippen LogP contribution is 2.36. The Bertz CT molecular complexity index is 787. The lowest BCUT2D eigenvalue weighted by molar-refractivity contribution is -0.113. The van der Waals surface area contributed by atoms with Gasteiger partial charge in [0.25, 0.3) is 5.91 Å². The summed E-state index contributed by atoms with van der Waals surface area (Å²) in [4.78, 5) is 14.6. The van der Waals surface area contributed by atoms with E-state index in [0.717, 1.165) is 5.56 Å². The Balaban J connectivity index is 1.93. The first-order valence-electron chi connectivity index (χ1n) is 6.34. The van der Waals surface area contributed by atoms with Crippen LogP contribution in [0.3, 0.4) is 0 Å². The van der Waals surface area contributed by atoms with Crippen molar-refractivity contribution in [3.63, 3.8) is 0 Å². The highest BCUT2D eigenvalue weighted by Gasteiger charge is 2.33. The van der Waals surface area contributed by atoms with Gasteiger partial charge in [-0.3, -0.25) is 9.69 Å². The maximum absolute atomic E-state index is 12.6. The number of thiocarbonyl (C=S) groups is 1. The molecule has 0 aliphatic carbocycles. The van der Waals surface area contributed by atoms with Gasteiger partial charge in [-0.05, 0) is 42.0 Å². The second-order valence-corrected chi connectivity index (χ2v) is 7.10. The van der Waals surface area contributed by atoms with Crippen molar-refractivity contribution in [2.24, 2.45) is 0 Å². The number of thioether (sulfide) groups is 1. The zero-order valence-electron chi connectivity index (χ0n) is 11.1. The number of hydrogen-bond acceptors (Lipinski definition) is 3. The fraction of sp³-hybridized carbons (Fsp3) is 0. The van der Waals surface area contributed by atoms with Gasteiger partial charge in [0, 0.05) is 10.0 Å². The molecule has 1 heterocycles. The van der Waals surface area contributed by atoms with Crippen molar-refractivity contribution >= 4 is 69.2 Å². The predicted molar refractivity (Wildman–Crippen MR) is 98.6 cm³/mol. The molecule has 1 amide bonds. The first-order valence-corrected chi connectivity index (χ1v) is 8.32. The molecule has 6 heteroatoms. The molecule has 1 fully saturated rings. The van der Waals surface area contributed by atoms with E-state index in [1.165, 1.54) is 16.7 Å². The second-order valence-electron chi connectivity index (χ2n) is 4.55. The average Bonchev–Trinajstić information content (AvgIpc) is 2.76. The van der Waals surface area contributed by atoms with Crippen molar-refractivity contribution in [2.75, 3.05) is 4.90 Å². The summed E-state index contributed by atoms with van der Waals surface area (Å²) in [6.07, 6.45) is 1.81. The van der Waals surface area contributed by atoms with Crippen LogP contribution in [0, 0.1) is 0 Å². The molecule has 1 aliphatic rings. The number of carbonyl (C=O) groups excluding carboxylic acids is 1. The minimum Gasteiger partial charge on any atom is -0.268 e. The van der Waals surface area contributed by atoms with E-state index in [9.17, 15) is 4.79 Å². The van der Waals surface area contributed by atoms with E-state index in [0.29, 0.717) is 25.0 Å². The van der Waals surface area contributed by atoms with Crippen molar-refractivity contribution in [2.45, 2.75) is 0 Å². The quantitative estimate of drug-likeness (QED) is 0.524. The molecule has 0 atom stereocenters. The van der Waals surface area contributed by atoms with Crippen LogP contribution in [0.5, 0.6) is 0 Å². The predicted octanol–water partition coefficient (Wildman–Crippen LogP) is 5.40. The number of amides is 1. The second kappa shape index (κ2) is 6.42. The Morgan fingerprint density at radius 3 is 2.45 bits per heavy atom. The normalized spacial score (nSPS) is 16.6. The van der Waals surface area contributed by atoms with Crippen LogP contribution < -0.4 is 4.90 Å². The van der Waals surface area contributed by atoms with Gasteiger partial charge < -0.3 is 0 Å². The van der Waals surface area contributed by atoms with Gasteiger partial charge in [-0.15, -0.1) is 0 Å². The molecule has 1 aliphatic heterocycles. The molecule has 2 nitrogen and oxygen atoms in total. The molecule has 2 aromatic rings. The number of anilines is 1. The maximum Gasteiger partial charge on any atom is 0.270 e. The maximum atomic E-state index is 12.6. The molecule has 0 saturated carbocycles. The van der Waals surface area contributed by atoms with Crippen molar-refractivity contribution in [1.29, 1.82) is 0 Å². The van der Waals surface area contributed by atoms with Gasteiger partial charge in [-0.25, -0.2) is 0 Å². The van der Waals surface area contributed by atoms with Gasteiger partial charge >= 0.3 is 0 Å². The van der Waals surface area contributed by atoms with Crippen molar-refractivity contribution < 1.29 is 4.79 Å². The SMILES string of the molecule is O=C1C(=Cc2ccc(Cl)cc2)SC(=S)N1c1cccc(Cl)c1. The number of benzene rings is 2. The zero-order valence-corrected chi connectivity index (χ0v) is 14.3. The van der Waals surface area contributed by atoms with Crippen molar-refractivity contribution in [1.82, 2.24) is 0 Å². The summed E-state index contributed by atoms with van der Waals surface area (Å²) in [5, 5.41) is 1.22. The summed E-state index contributed by atoms with van der Waals surface area (Å²) < 4.78 is 0.493. The Morgan fingerprint density at radius 2 is 1.77 bits per heavy atom. The lowest BCUT2D eigenvalue weighted by atomic mass is 10.2. The van der Waals surface area contributed by atoms with E-state index in [-0.39, 0.29) is 5.91 Å². The van der Waals surface area contributed by atoms with Crippen LogP contribution in [-0.4, -0.2) is 10.2 Å². The lowest BCUT2D eigenvalue weighted by Gasteiger charge is -2.14. The third kappa shape index (κ3) is 3.20. The Hall–Kier alpha value is -1.33. The minimum atomic E-state index is -0.146. The molecule has 22 heavy (non-hydrogen) atoms. The first kappa shape index (κ1) is 15.6. The molecule has 0 bridgehead atoms. The van der Waals surface area contributed by atoms with E-state index in [2.05, 4.69) is 0 Å². The first-order chi connectivity index (χ1) is 10.5. The van der Waals surface area contributed by atoms with Crippen LogP contribution in [0.4, 0.5) is 5.69 Å². The summed E-state index contributed by atoms with van der Waals surface area (Å²) >= 11 is 18.4. The van der Waals surface area contributed by atoms with Gasteiger partial charge in [-0.1, -0.05) is 65.4 Å². The topological polar surface area (TPSA) is 20.3 Å². The number of hydrogen-bond donors (Lipinski definition) is 0. The van der Waals surface area contributed by atoms with E-state index in [1.54, 1.807) is 36.4 Å². The van der Waals surface area contributed by atoms with E-state index >= 15 is 0 Å². The fourth-order valence-electron chi connectivity index (χ4n) is 2.02. The van der Waals surface area contributed by atoms with Crippen LogP contribution in [-0.2, 0) is 4.79 Å². The van der Waals surface area contributed by atoms with Crippen LogP contribution >= 0.6 is 47.2 Å². The van der Waals surface area contributed by atoms with Gasteiger partial charge in [0.1, 0.15) is 0 Å². The molecular weight excluding hydrogens is 357 g/mol. The van der Waals surface area contributed by atoms with Crippen LogP contribution in [0.25, 0.3) is 6.08 Å². The average molecular weight is 366 g/mol. The molecule has 1 saturated heterocycles. The van der Waals surface area contributed by atoms with Crippen LogP contribution in [0.2, 0.25) is 10.0 Å². The molecule has 0 N–H and O–H groups in total. The molecule has 0 aromatic heterocycles. The lowest BCUT2D eigenvalue weighted by Crippen LogP contribution is -2.27.